The molecule has 1 aromatic heterocycles. The lowest BCUT2D eigenvalue weighted by molar-refractivity contribution is -0.385. The lowest BCUT2D eigenvalue weighted by atomic mass is 10.2. The molecule has 1 heterocycles. The molecule has 4 N–H and O–H groups in total. The number of hydrogen-bond acceptors (Lipinski definition) is 7. The van der Waals surface area contributed by atoms with E-state index in [0.29, 0.717) is 11.3 Å². The lowest BCUT2D eigenvalue weighted by Crippen LogP contribution is -2.13. The molecule has 2 rings (SSSR count). The summed E-state index contributed by atoms with van der Waals surface area (Å²) in [6.07, 6.45) is 0. The fourth-order valence-electron chi connectivity index (χ4n) is 1.80. The molecule has 8 nitrogen and oxygen atoms in total. The Bertz CT molecular complexity index is 706. The van der Waals surface area contributed by atoms with Crippen molar-refractivity contribution in [1.29, 1.82) is 0 Å². The number of nitrogens with two attached hydrogens (primary N) is 1. The van der Waals surface area contributed by atoms with Crippen LogP contribution in [0.25, 0.3) is 0 Å². The van der Waals surface area contributed by atoms with Gasteiger partial charge in [0, 0.05) is 5.69 Å². The van der Waals surface area contributed by atoms with E-state index in [4.69, 9.17) is 5.84 Å². The minimum atomic E-state index is -0.589. The number of nitrogens with zero attached hydrogens (tertiary/aromatic N) is 3. The summed E-state index contributed by atoms with van der Waals surface area (Å²) >= 11 is 0. The highest BCUT2D eigenvalue weighted by Crippen LogP contribution is 2.29. The molecule has 0 saturated heterocycles. The quantitative estimate of drug-likeness (QED) is 0.449. The Morgan fingerprint density at radius 2 is 2.05 bits per heavy atom. The fourth-order valence-corrected chi connectivity index (χ4v) is 1.80. The van der Waals surface area contributed by atoms with Gasteiger partial charge in [0.1, 0.15) is 11.5 Å². The van der Waals surface area contributed by atoms with E-state index in [2.05, 4.69) is 20.7 Å². The van der Waals surface area contributed by atoms with Gasteiger partial charge in [0.05, 0.1) is 4.92 Å². The Kier molecular flexibility index (Phi) is 3.94. The van der Waals surface area contributed by atoms with E-state index in [1.54, 1.807) is 6.92 Å². The molecule has 0 aliphatic heterocycles. The zero-order valence-corrected chi connectivity index (χ0v) is 11.3. The Morgan fingerprint density at radius 3 is 2.62 bits per heavy atom. The molecular formula is C12H13FN6O2. The summed E-state index contributed by atoms with van der Waals surface area (Å²) in [6, 6.07) is 4.24. The van der Waals surface area contributed by atoms with Crippen LogP contribution >= 0.6 is 0 Å². The number of nitrogen functional groups attached to an aromatic ring is 1. The summed E-state index contributed by atoms with van der Waals surface area (Å²) in [7, 11) is 0. The summed E-state index contributed by atoms with van der Waals surface area (Å²) in [5, 5.41) is 13.9. The number of nitro groups is 1. The number of rotatable bonds is 4. The summed E-state index contributed by atoms with van der Waals surface area (Å²) in [4.78, 5) is 18.3. The molecule has 2 aromatic rings. The number of hydrogen-bond donors (Lipinski definition) is 3. The van der Waals surface area contributed by atoms with Gasteiger partial charge >= 0.3 is 5.69 Å². The summed E-state index contributed by atoms with van der Waals surface area (Å²) in [5.41, 5.74) is 3.00. The van der Waals surface area contributed by atoms with Crippen LogP contribution in [0, 0.1) is 29.8 Å². The maximum atomic E-state index is 13.2. The molecule has 1 aromatic carbocycles. The average Bonchev–Trinajstić information content (AvgIpc) is 2.41. The molecule has 0 unspecified atom stereocenters. The summed E-state index contributed by atoms with van der Waals surface area (Å²) in [5.74, 6) is 4.89. The van der Waals surface area contributed by atoms with Crippen molar-refractivity contribution in [3.8, 4) is 0 Å². The van der Waals surface area contributed by atoms with Crippen LogP contribution in [0.4, 0.5) is 27.5 Å². The Balaban J connectivity index is 2.48. The Labute approximate surface area is 119 Å². The van der Waals surface area contributed by atoms with E-state index < -0.39 is 4.92 Å². The van der Waals surface area contributed by atoms with Gasteiger partial charge in [-0.3, -0.25) is 15.5 Å². The SMILES string of the molecule is Cc1cc(Nc2nc(NN)nc(C)c2[N+](=O)[O-])ccc1F. The van der Waals surface area contributed by atoms with E-state index in [-0.39, 0.29) is 29.0 Å². The Morgan fingerprint density at radius 1 is 1.33 bits per heavy atom. The molecule has 0 amide bonds. The largest absolute Gasteiger partial charge is 0.334 e. The molecule has 0 saturated carbocycles. The number of anilines is 3. The molecule has 21 heavy (non-hydrogen) atoms. The van der Waals surface area contributed by atoms with Crippen molar-refractivity contribution in [2.24, 2.45) is 5.84 Å². The van der Waals surface area contributed by atoms with Gasteiger partial charge < -0.3 is 5.32 Å². The number of aryl methyl sites for hydroxylation is 2. The normalized spacial score (nSPS) is 10.3. The first-order valence-electron chi connectivity index (χ1n) is 5.95. The van der Waals surface area contributed by atoms with Gasteiger partial charge in [0.15, 0.2) is 0 Å². The third-order valence-corrected chi connectivity index (χ3v) is 2.79. The topological polar surface area (TPSA) is 119 Å². The van der Waals surface area contributed by atoms with Crippen LogP contribution in [0.15, 0.2) is 18.2 Å². The van der Waals surface area contributed by atoms with Gasteiger partial charge in [-0.15, -0.1) is 0 Å². The third kappa shape index (κ3) is 3.03. The Hall–Kier alpha value is -2.81. The highest BCUT2D eigenvalue weighted by molar-refractivity contribution is 5.68. The molecule has 0 fully saturated rings. The van der Waals surface area contributed by atoms with Crippen molar-refractivity contribution < 1.29 is 9.31 Å². The number of benzene rings is 1. The van der Waals surface area contributed by atoms with Crippen LogP contribution in [0.2, 0.25) is 0 Å². The predicted molar refractivity (Wildman–Crippen MR) is 75.7 cm³/mol. The van der Waals surface area contributed by atoms with E-state index in [1.165, 1.54) is 25.1 Å². The van der Waals surface area contributed by atoms with Gasteiger partial charge in [-0.1, -0.05) is 0 Å². The van der Waals surface area contributed by atoms with E-state index in [1.807, 2.05) is 0 Å². The van der Waals surface area contributed by atoms with Crippen LogP contribution in [-0.4, -0.2) is 14.9 Å². The molecule has 9 heteroatoms. The first-order valence-corrected chi connectivity index (χ1v) is 5.95. The molecule has 0 bridgehead atoms. The number of hydrazine groups is 1. The first kappa shape index (κ1) is 14.6. The van der Waals surface area contributed by atoms with Gasteiger partial charge in [0.25, 0.3) is 0 Å². The average molecular weight is 292 g/mol. The number of aromatic nitrogens is 2. The van der Waals surface area contributed by atoms with Crippen LogP contribution in [0.5, 0.6) is 0 Å². The molecule has 0 atom stereocenters. The van der Waals surface area contributed by atoms with Crippen molar-refractivity contribution in [3.63, 3.8) is 0 Å². The smallest absolute Gasteiger partial charge is 0.332 e. The van der Waals surface area contributed by atoms with E-state index in [9.17, 15) is 14.5 Å². The first-order chi connectivity index (χ1) is 9.92. The number of nitrogens with one attached hydrogen (secondary N) is 2. The summed E-state index contributed by atoms with van der Waals surface area (Å²) in [6.45, 7) is 3.06. The fraction of sp³-hybridized carbons (Fsp3) is 0.167. The van der Waals surface area contributed by atoms with Gasteiger partial charge in [-0.2, -0.15) is 4.98 Å². The van der Waals surface area contributed by atoms with Crippen LogP contribution in [0.3, 0.4) is 0 Å². The van der Waals surface area contributed by atoms with Crippen molar-refractivity contribution in [3.05, 3.63) is 45.4 Å². The highest BCUT2D eigenvalue weighted by Gasteiger charge is 2.22. The van der Waals surface area contributed by atoms with Gasteiger partial charge in [-0.25, -0.2) is 15.2 Å². The molecule has 0 aliphatic carbocycles. The second-order valence-corrected chi connectivity index (χ2v) is 4.32. The molecule has 0 spiro atoms. The van der Waals surface area contributed by atoms with E-state index >= 15 is 0 Å². The van der Waals surface area contributed by atoms with Gasteiger partial charge in [-0.05, 0) is 37.6 Å². The molecular weight excluding hydrogens is 279 g/mol. The zero-order chi connectivity index (χ0) is 15.6. The van der Waals surface area contributed by atoms with Crippen molar-refractivity contribution in [2.45, 2.75) is 13.8 Å². The van der Waals surface area contributed by atoms with E-state index in [0.717, 1.165) is 0 Å². The summed E-state index contributed by atoms with van der Waals surface area (Å²) < 4.78 is 13.2. The van der Waals surface area contributed by atoms with Crippen molar-refractivity contribution in [1.82, 2.24) is 9.97 Å². The number of halogens is 1. The standard InChI is InChI=1S/C12H13FN6O2/c1-6-5-8(3-4-9(6)13)16-11-10(19(20)21)7(2)15-12(17-11)18-14/h3-5H,14H2,1-2H3,(H2,15,16,17,18). The van der Waals surface area contributed by atoms with Gasteiger partial charge in [0.2, 0.25) is 11.8 Å². The van der Waals surface area contributed by atoms with Crippen molar-refractivity contribution in [2.75, 3.05) is 10.7 Å². The van der Waals surface area contributed by atoms with Crippen LogP contribution < -0.4 is 16.6 Å². The van der Waals surface area contributed by atoms with Crippen LogP contribution in [0.1, 0.15) is 11.3 Å². The highest BCUT2D eigenvalue weighted by atomic mass is 19.1. The second-order valence-electron chi connectivity index (χ2n) is 4.32. The monoisotopic (exact) mass is 292 g/mol. The maximum Gasteiger partial charge on any atom is 0.332 e. The third-order valence-electron chi connectivity index (χ3n) is 2.79. The maximum absolute atomic E-state index is 13.2. The minimum Gasteiger partial charge on any atom is -0.334 e. The molecule has 0 radical (unpaired) electrons. The van der Waals surface area contributed by atoms with Crippen molar-refractivity contribution >= 4 is 23.1 Å². The second kappa shape index (κ2) is 5.67. The lowest BCUT2D eigenvalue weighted by Gasteiger charge is -2.10. The predicted octanol–water partition coefficient (Wildman–Crippen LogP) is 2.17. The molecule has 0 aliphatic rings. The molecule has 110 valence electrons. The van der Waals surface area contributed by atoms with Crippen LogP contribution in [-0.2, 0) is 0 Å². The zero-order valence-electron chi connectivity index (χ0n) is 11.3. The minimum absolute atomic E-state index is 0.0218.